The van der Waals surface area contributed by atoms with Gasteiger partial charge in [-0.05, 0) is 44.6 Å². The van der Waals surface area contributed by atoms with Crippen molar-refractivity contribution in [1.82, 2.24) is 0 Å². The number of allylic oxidation sites excluding steroid dienone is 7. The molecule has 5 nitrogen and oxygen atoms in total. The molecule has 2 atom stereocenters. The van der Waals surface area contributed by atoms with Crippen molar-refractivity contribution in [1.29, 1.82) is 0 Å². The molecule has 1 amide bonds. The first-order valence-corrected chi connectivity index (χ1v) is 14.1. The van der Waals surface area contributed by atoms with E-state index >= 15 is 0 Å². The molecule has 5 heteroatoms. The van der Waals surface area contributed by atoms with E-state index in [0.717, 1.165) is 38.5 Å². The van der Waals surface area contributed by atoms with Gasteiger partial charge in [0.1, 0.15) is 6.10 Å². The third kappa shape index (κ3) is 27.9. The summed E-state index contributed by atoms with van der Waals surface area (Å²) in [6.45, 7) is 2.05. The van der Waals surface area contributed by atoms with Gasteiger partial charge in [-0.15, -0.1) is 4.91 Å². The van der Waals surface area contributed by atoms with E-state index < -0.39 is 18.1 Å². The first kappa shape index (κ1) is 34.5. The van der Waals surface area contributed by atoms with E-state index in [4.69, 9.17) is 0 Å². The SMILES string of the molecule is CC/C=C\C[C@H](O)C#C/C=C/C=C/C(O)C/C=C\C/C=C\CCCCCCCCCCCCC(=O)N=O. The molecule has 0 bridgehead atoms. The summed E-state index contributed by atoms with van der Waals surface area (Å²) in [5, 5.41) is 22.0. The van der Waals surface area contributed by atoms with Gasteiger partial charge in [-0.3, -0.25) is 4.79 Å². The normalized spacial score (nSPS) is 13.7. The molecule has 0 aromatic carbocycles. The number of amides is 1. The van der Waals surface area contributed by atoms with Gasteiger partial charge in [-0.2, -0.15) is 0 Å². The van der Waals surface area contributed by atoms with Crippen molar-refractivity contribution in [3.63, 3.8) is 0 Å². The number of carbonyl (C=O) groups excluding carboxylic acids is 1. The van der Waals surface area contributed by atoms with Crippen LogP contribution in [0.2, 0.25) is 0 Å². The van der Waals surface area contributed by atoms with Crippen molar-refractivity contribution in [3.8, 4) is 11.8 Å². The van der Waals surface area contributed by atoms with Crippen LogP contribution < -0.4 is 0 Å². The van der Waals surface area contributed by atoms with E-state index in [1.807, 2.05) is 18.2 Å². The Hall–Kier alpha value is -2.55. The van der Waals surface area contributed by atoms with Crippen molar-refractivity contribution in [2.75, 3.05) is 0 Å². The fourth-order valence-corrected chi connectivity index (χ4v) is 3.59. The van der Waals surface area contributed by atoms with Gasteiger partial charge in [0.25, 0.3) is 5.91 Å². The molecule has 0 aromatic rings. The predicted octanol–water partition coefficient (Wildman–Crippen LogP) is 8.05. The molecule has 0 aliphatic rings. The zero-order chi connectivity index (χ0) is 27.2. The number of carbonyl (C=O) groups is 1. The Morgan fingerprint density at radius 2 is 1.41 bits per heavy atom. The van der Waals surface area contributed by atoms with Gasteiger partial charge in [-0.1, -0.05) is 125 Å². The fourth-order valence-electron chi connectivity index (χ4n) is 3.59. The van der Waals surface area contributed by atoms with E-state index in [2.05, 4.69) is 42.2 Å². The first-order valence-electron chi connectivity index (χ1n) is 14.1. The van der Waals surface area contributed by atoms with Gasteiger partial charge in [0, 0.05) is 18.0 Å². The summed E-state index contributed by atoms with van der Waals surface area (Å²) in [5.41, 5.74) is 0. The summed E-state index contributed by atoms with van der Waals surface area (Å²) in [7, 11) is 0. The highest BCUT2D eigenvalue weighted by Crippen LogP contribution is 2.12. The molecule has 37 heavy (non-hydrogen) atoms. The number of aliphatic hydroxyl groups excluding tert-OH is 2. The third-order valence-corrected chi connectivity index (χ3v) is 5.73. The molecule has 0 saturated carbocycles. The molecular formula is C32H49NO4. The van der Waals surface area contributed by atoms with Crippen LogP contribution in [0, 0.1) is 16.7 Å². The number of rotatable bonds is 22. The summed E-state index contributed by atoms with van der Waals surface area (Å²) in [4.78, 5) is 20.8. The number of nitroso groups, excluding NO2 is 1. The van der Waals surface area contributed by atoms with Crippen LogP contribution in [0.3, 0.4) is 0 Å². The molecule has 0 aliphatic heterocycles. The molecule has 0 heterocycles. The van der Waals surface area contributed by atoms with Crippen molar-refractivity contribution in [2.45, 2.75) is 122 Å². The minimum atomic E-state index is -0.640. The van der Waals surface area contributed by atoms with E-state index in [1.54, 1.807) is 24.3 Å². The van der Waals surface area contributed by atoms with Crippen LogP contribution in [0.25, 0.3) is 0 Å². The summed E-state index contributed by atoms with van der Waals surface area (Å²) in [6.07, 6.45) is 34.4. The molecule has 1 unspecified atom stereocenters. The lowest BCUT2D eigenvalue weighted by molar-refractivity contribution is -0.118. The summed E-state index contributed by atoms with van der Waals surface area (Å²) in [6, 6.07) is 0. The average Bonchev–Trinajstić information content (AvgIpc) is 2.89. The van der Waals surface area contributed by atoms with Crippen LogP contribution in [0.5, 0.6) is 0 Å². The molecule has 206 valence electrons. The quantitative estimate of drug-likeness (QED) is 0.0506. The number of nitrogens with zero attached hydrogens (tertiary/aromatic N) is 1. The smallest absolute Gasteiger partial charge is 0.286 e. The highest BCUT2D eigenvalue weighted by Gasteiger charge is 1.99. The Kier molecular flexibility index (Phi) is 26.1. The van der Waals surface area contributed by atoms with E-state index in [1.165, 1.54) is 44.9 Å². The standard InChI is InChI=1S/C32H49NO4/c1-2-3-20-25-30(34)27-22-18-19-23-28-31(35)26-21-16-14-12-10-8-6-4-5-7-9-11-13-15-17-24-29-32(36)33-37/h3,10,12,16,18-21,23,28,30-31,34-35H,2,4-9,11,13-15,17,24-26,29H2,1H3/b12-10-,19-18+,20-3-,21-16-,28-23+/t30-,31?/m0/s1. The Bertz CT molecular complexity index is 767. The summed E-state index contributed by atoms with van der Waals surface area (Å²) < 4.78 is 0. The summed E-state index contributed by atoms with van der Waals surface area (Å²) >= 11 is 0. The van der Waals surface area contributed by atoms with Crippen molar-refractivity contribution in [3.05, 3.63) is 65.7 Å². The molecule has 0 radical (unpaired) electrons. The second kappa shape index (κ2) is 28.0. The van der Waals surface area contributed by atoms with Crippen molar-refractivity contribution >= 4 is 5.91 Å². The van der Waals surface area contributed by atoms with Gasteiger partial charge in [0.05, 0.1) is 6.10 Å². The minimum absolute atomic E-state index is 0.301. The van der Waals surface area contributed by atoms with Crippen LogP contribution in [0.4, 0.5) is 0 Å². The largest absolute Gasteiger partial charge is 0.389 e. The van der Waals surface area contributed by atoms with Crippen molar-refractivity contribution < 1.29 is 15.0 Å². The van der Waals surface area contributed by atoms with Gasteiger partial charge < -0.3 is 10.2 Å². The maximum Gasteiger partial charge on any atom is 0.286 e. The molecule has 0 spiro atoms. The third-order valence-electron chi connectivity index (χ3n) is 5.73. The number of hydrogen-bond acceptors (Lipinski definition) is 4. The molecule has 0 saturated heterocycles. The second-order valence-corrected chi connectivity index (χ2v) is 9.20. The van der Waals surface area contributed by atoms with E-state index in [0.29, 0.717) is 19.3 Å². The Morgan fingerprint density at radius 3 is 2.08 bits per heavy atom. The molecule has 2 N–H and O–H groups in total. The van der Waals surface area contributed by atoms with E-state index in [9.17, 15) is 19.9 Å². The van der Waals surface area contributed by atoms with Crippen molar-refractivity contribution in [2.24, 2.45) is 5.18 Å². The molecule has 0 aliphatic carbocycles. The lowest BCUT2D eigenvalue weighted by Crippen LogP contribution is -1.99. The first-order chi connectivity index (χ1) is 18.1. The lowest BCUT2D eigenvalue weighted by atomic mass is 10.0. The molecule has 0 aromatic heterocycles. The van der Waals surface area contributed by atoms with Crippen LogP contribution in [-0.2, 0) is 4.79 Å². The van der Waals surface area contributed by atoms with E-state index in [-0.39, 0.29) is 0 Å². The molecule has 0 rings (SSSR count). The second-order valence-electron chi connectivity index (χ2n) is 9.20. The topological polar surface area (TPSA) is 87.0 Å². The Morgan fingerprint density at radius 1 is 0.784 bits per heavy atom. The summed E-state index contributed by atoms with van der Waals surface area (Å²) in [5.74, 6) is 5.04. The van der Waals surface area contributed by atoms with Crippen LogP contribution in [-0.4, -0.2) is 28.3 Å². The predicted molar refractivity (Wildman–Crippen MR) is 156 cm³/mol. The lowest BCUT2D eigenvalue weighted by Gasteiger charge is -2.01. The maximum absolute atomic E-state index is 10.8. The number of unbranched alkanes of at least 4 members (excludes halogenated alkanes) is 10. The Balaban J connectivity index is 3.59. The zero-order valence-corrected chi connectivity index (χ0v) is 22.9. The molecule has 0 fully saturated rings. The average molecular weight is 512 g/mol. The minimum Gasteiger partial charge on any atom is -0.389 e. The van der Waals surface area contributed by atoms with Crippen LogP contribution in [0.1, 0.15) is 110 Å². The van der Waals surface area contributed by atoms with Gasteiger partial charge in [0.2, 0.25) is 0 Å². The monoisotopic (exact) mass is 511 g/mol. The highest BCUT2D eigenvalue weighted by atomic mass is 16.3. The van der Waals surface area contributed by atoms with Crippen LogP contribution in [0.15, 0.2) is 65.9 Å². The fraction of sp³-hybridized carbons (Fsp3) is 0.594. The Labute approximate surface area is 225 Å². The van der Waals surface area contributed by atoms with Gasteiger partial charge >= 0.3 is 0 Å². The van der Waals surface area contributed by atoms with Gasteiger partial charge in [0.15, 0.2) is 0 Å². The number of aliphatic hydroxyl groups is 2. The van der Waals surface area contributed by atoms with Crippen LogP contribution >= 0.6 is 0 Å². The zero-order valence-electron chi connectivity index (χ0n) is 22.9. The highest BCUT2D eigenvalue weighted by molar-refractivity contribution is 5.76. The van der Waals surface area contributed by atoms with Gasteiger partial charge in [-0.25, -0.2) is 0 Å². The maximum atomic E-state index is 10.8. The molecular weight excluding hydrogens is 462 g/mol. The number of hydrogen-bond donors (Lipinski definition) is 2.